The average Bonchev–Trinajstić information content (AvgIpc) is 2.82. The zero-order valence-corrected chi connectivity index (χ0v) is 12.9. The molecule has 1 N–H and O–H groups in total. The van der Waals surface area contributed by atoms with E-state index in [0.29, 0.717) is 13.0 Å². The van der Waals surface area contributed by atoms with Gasteiger partial charge >= 0.3 is 0 Å². The Hall–Kier alpha value is -1.06. The van der Waals surface area contributed by atoms with Gasteiger partial charge in [-0.1, -0.05) is 39.5 Å². The molecule has 2 fully saturated rings. The van der Waals surface area contributed by atoms with Gasteiger partial charge in [0.2, 0.25) is 11.8 Å². The van der Waals surface area contributed by atoms with Gasteiger partial charge in [0.05, 0.1) is 0 Å². The van der Waals surface area contributed by atoms with Crippen LogP contribution in [0, 0.1) is 5.92 Å². The molecule has 4 nitrogen and oxygen atoms in total. The minimum absolute atomic E-state index is 0.0462. The monoisotopic (exact) mass is 280 g/mol. The van der Waals surface area contributed by atoms with Crippen molar-refractivity contribution in [2.75, 3.05) is 13.1 Å². The Morgan fingerprint density at radius 3 is 2.55 bits per heavy atom. The summed E-state index contributed by atoms with van der Waals surface area (Å²) in [6, 6.07) is 0. The van der Waals surface area contributed by atoms with E-state index < -0.39 is 5.54 Å². The van der Waals surface area contributed by atoms with Crippen LogP contribution in [0.2, 0.25) is 0 Å². The summed E-state index contributed by atoms with van der Waals surface area (Å²) in [7, 11) is 0. The van der Waals surface area contributed by atoms with Crippen LogP contribution in [0.15, 0.2) is 0 Å². The van der Waals surface area contributed by atoms with Crippen LogP contribution in [-0.2, 0) is 9.59 Å². The van der Waals surface area contributed by atoms with Gasteiger partial charge in [-0.3, -0.25) is 9.59 Å². The second kappa shape index (κ2) is 6.59. The standard InChI is InChI=1S/C16H28N2O2/c1-13(2)7-3-6-11-18-12-8-14(19)17-16(15(18)20)9-4-5-10-16/h13H,3-12H2,1-2H3,(H,17,19). The van der Waals surface area contributed by atoms with E-state index in [1.54, 1.807) is 0 Å². The van der Waals surface area contributed by atoms with Crippen molar-refractivity contribution in [3.8, 4) is 0 Å². The summed E-state index contributed by atoms with van der Waals surface area (Å²) in [5, 5.41) is 3.01. The molecule has 1 saturated carbocycles. The Kier molecular flexibility index (Phi) is 5.06. The number of nitrogens with one attached hydrogen (secondary N) is 1. The number of amides is 2. The summed E-state index contributed by atoms with van der Waals surface area (Å²) >= 11 is 0. The van der Waals surface area contributed by atoms with Crippen molar-refractivity contribution in [3.63, 3.8) is 0 Å². The first-order valence-electron chi connectivity index (χ1n) is 8.14. The number of carbonyl (C=O) groups is 2. The molecule has 1 spiro atoms. The molecule has 0 aromatic heterocycles. The highest BCUT2D eigenvalue weighted by Crippen LogP contribution is 2.33. The van der Waals surface area contributed by atoms with Gasteiger partial charge in [-0.05, 0) is 25.2 Å². The first-order valence-corrected chi connectivity index (χ1v) is 8.14. The van der Waals surface area contributed by atoms with Gasteiger partial charge in [-0.25, -0.2) is 0 Å². The van der Waals surface area contributed by atoms with Crippen LogP contribution in [0.1, 0.15) is 65.2 Å². The van der Waals surface area contributed by atoms with Crippen LogP contribution < -0.4 is 5.32 Å². The number of rotatable bonds is 5. The van der Waals surface area contributed by atoms with Gasteiger partial charge in [0.1, 0.15) is 5.54 Å². The van der Waals surface area contributed by atoms with E-state index in [-0.39, 0.29) is 11.8 Å². The molecule has 1 heterocycles. The average molecular weight is 280 g/mol. The van der Waals surface area contributed by atoms with Crippen molar-refractivity contribution in [3.05, 3.63) is 0 Å². The Morgan fingerprint density at radius 2 is 1.90 bits per heavy atom. The fourth-order valence-corrected chi connectivity index (χ4v) is 3.41. The van der Waals surface area contributed by atoms with Crippen molar-refractivity contribution >= 4 is 11.8 Å². The third-order valence-corrected chi connectivity index (χ3v) is 4.60. The largest absolute Gasteiger partial charge is 0.342 e. The molecule has 1 aliphatic heterocycles. The summed E-state index contributed by atoms with van der Waals surface area (Å²) in [6.07, 6.45) is 7.62. The highest BCUT2D eigenvalue weighted by molar-refractivity contribution is 5.93. The van der Waals surface area contributed by atoms with Crippen LogP contribution in [-0.4, -0.2) is 35.3 Å². The van der Waals surface area contributed by atoms with Crippen molar-refractivity contribution in [1.29, 1.82) is 0 Å². The van der Waals surface area contributed by atoms with E-state index in [1.165, 1.54) is 6.42 Å². The Balaban J connectivity index is 1.94. The van der Waals surface area contributed by atoms with E-state index in [4.69, 9.17) is 0 Å². The fourth-order valence-electron chi connectivity index (χ4n) is 3.41. The van der Waals surface area contributed by atoms with Gasteiger partial charge in [0, 0.05) is 19.5 Å². The van der Waals surface area contributed by atoms with E-state index >= 15 is 0 Å². The van der Waals surface area contributed by atoms with Gasteiger partial charge in [-0.2, -0.15) is 0 Å². The van der Waals surface area contributed by atoms with Crippen LogP contribution in [0.25, 0.3) is 0 Å². The number of nitrogens with zero attached hydrogens (tertiary/aromatic N) is 1. The van der Waals surface area contributed by atoms with Crippen molar-refractivity contribution in [2.24, 2.45) is 5.92 Å². The predicted molar refractivity (Wildman–Crippen MR) is 79.2 cm³/mol. The van der Waals surface area contributed by atoms with Crippen molar-refractivity contribution in [1.82, 2.24) is 10.2 Å². The normalized spacial score (nSPS) is 22.4. The third kappa shape index (κ3) is 3.53. The van der Waals surface area contributed by atoms with Crippen molar-refractivity contribution in [2.45, 2.75) is 70.8 Å². The third-order valence-electron chi connectivity index (χ3n) is 4.60. The summed E-state index contributed by atoms with van der Waals surface area (Å²) in [5.41, 5.74) is -0.564. The summed E-state index contributed by atoms with van der Waals surface area (Å²) in [5.74, 6) is 0.939. The predicted octanol–water partition coefficient (Wildman–Crippen LogP) is 2.47. The Morgan fingerprint density at radius 1 is 1.20 bits per heavy atom. The zero-order valence-electron chi connectivity index (χ0n) is 12.9. The van der Waals surface area contributed by atoms with Gasteiger partial charge in [0.15, 0.2) is 0 Å². The molecular weight excluding hydrogens is 252 g/mol. The van der Waals surface area contributed by atoms with E-state index in [0.717, 1.165) is 51.0 Å². The number of hydrogen-bond acceptors (Lipinski definition) is 2. The summed E-state index contributed by atoms with van der Waals surface area (Å²) in [4.78, 5) is 26.6. The lowest BCUT2D eigenvalue weighted by molar-refractivity contribution is -0.138. The molecule has 2 aliphatic rings. The molecule has 2 amide bonds. The molecular formula is C16H28N2O2. The van der Waals surface area contributed by atoms with Crippen LogP contribution >= 0.6 is 0 Å². The van der Waals surface area contributed by atoms with Crippen LogP contribution in [0.5, 0.6) is 0 Å². The smallest absolute Gasteiger partial charge is 0.248 e. The van der Waals surface area contributed by atoms with Crippen LogP contribution in [0.4, 0.5) is 0 Å². The molecule has 0 unspecified atom stereocenters. The van der Waals surface area contributed by atoms with Crippen LogP contribution in [0.3, 0.4) is 0 Å². The van der Waals surface area contributed by atoms with E-state index in [9.17, 15) is 9.59 Å². The van der Waals surface area contributed by atoms with E-state index in [2.05, 4.69) is 19.2 Å². The molecule has 114 valence electrons. The zero-order chi connectivity index (χ0) is 14.6. The first-order chi connectivity index (χ1) is 9.53. The molecule has 1 saturated heterocycles. The lowest BCUT2D eigenvalue weighted by atomic mass is 9.95. The number of carbonyl (C=O) groups excluding carboxylic acids is 2. The lowest BCUT2D eigenvalue weighted by Gasteiger charge is -2.31. The second-order valence-electron chi connectivity index (χ2n) is 6.77. The molecule has 0 aromatic rings. The topological polar surface area (TPSA) is 49.4 Å². The Bertz CT molecular complexity index is 359. The molecule has 0 atom stereocenters. The van der Waals surface area contributed by atoms with Gasteiger partial charge in [-0.15, -0.1) is 0 Å². The maximum Gasteiger partial charge on any atom is 0.248 e. The summed E-state index contributed by atoms with van der Waals surface area (Å²) < 4.78 is 0. The van der Waals surface area contributed by atoms with Crippen molar-refractivity contribution < 1.29 is 9.59 Å². The molecule has 2 rings (SSSR count). The van der Waals surface area contributed by atoms with Gasteiger partial charge in [0.25, 0.3) is 0 Å². The SMILES string of the molecule is CC(C)CCCCN1CCC(=O)NC2(CCCC2)C1=O. The summed E-state index contributed by atoms with van der Waals surface area (Å²) in [6.45, 7) is 5.86. The second-order valence-corrected chi connectivity index (χ2v) is 6.77. The maximum absolute atomic E-state index is 12.8. The lowest BCUT2D eigenvalue weighted by Crippen LogP contribution is -2.55. The fraction of sp³-hybridized carbons (Fsp3) is 0.875. The molecule has 4 heteroatoms. The quantitative estimate of drug-likeness (QED) is 0.787. The Labute approximate surface area is 122 Å². The number of unbranched alkanes of at least 4 members (excludes halogenated alkanes) is 1. The van der Waals surface area contributed by atoms with Gasteiger partial charge < -0.3 is 10.2 Å². The molecule has 0 bridgehead atoms. The minimum Gasteiger partial charge on any atom is -0.342 e. The highest BCUT2D eigenvalue weighted by Gasteiger charge is 2.46. The molecule has 1 aliphatic carbocycles. The minimum atomic E-state index is -0.564. The first kappa shape index (κ1) is 15.3. The van der Waals surface area contributed by atoms with E-state index in [1.807, 2.05) is 4.90 Å². The molecule has 0 radical (unpaired) electrons. The highest BCUT2D eigenvalue weighted by atomic mass is 16.2. The maximum atomic E-state index is 12.8. The number of hydrogen-bond donors (Lipinski definition) is 1. The molecule has 20 heavy (non-hydrogen) atoms. The molecule has 0 aromatic carbocycles.